The second-order valence-corrected chi connectivity index (χ2v) is 5.17. The van der Waals surface area contributed by atoms with Crippen molar-refractivity contribution in [2.75, 3.05) is 6.61 Å². The van der Waals surface area contributed by atoms with Gasteiger partial charge in [0.25, 0.3) is 0 Å². The van der Waals surface area contributed by atoms with Gasteiger partial charge < -0.3 is 4.74 Å². The molecule has 1 heterocycles. The van der Waals surface area contributed by atoms with Gasteiger partial charge in [0.1, 0.15) is 12.4 Å². The van der Waals surface area contributed by atoms with Crippen molar-refractivity contribution >= 4 is 17.8 Å². The van der Waals surface area contributed by atoms with Gasteiger partial charge in [-0.2, -0.15) is 0 Å². The highest BCUT2D eigenvalue weighted by Crippen LogP contribution is 2.20. The first kappa shape index (κ1) is 15.2. The summed E-state index contributed by atoms with van der Waals surface area (Å²) in [7, 11) is 0. The Balaban J connectivity index is 2.13. The van der Waals surface area contributed by atoms with Gasteiger partial charge in [-0.25, -0.2) is 9.69 Å². The monoisotopic (exact) mass is 289 g/mol. The molecule has 1 aromatic carbocycles. The molecule has 1 aromatic rings. The second-order valence-electron chi connectivity index (χ2n) is 5.17. The van der Waals surface area contributed by atoms with E-state index in [0.717, 1.165) is 10.5 Å². The normalized spacial score (nSPS) is 19.2. The zero-order chi connectivity index (χ0) is 15.4. The number of benzene rings is 1. The van der Waals surface area contributed by atoms with E-state index in [1.807, 2.05) is 30.3 Å². The average Bonchev–Trinajstić information content (AvgIpc) is 2.86. The molecule has 0 aliphatic carbocycles. The smallest absolute Gasteiger partial charge is 0.417 e. The number of carbonyl (C=O) groups is 3. The van der Waals surface area contributed by atoms with Crippen LogP contribution >= 0.6 is 0 Å². The van der Waals surface area contributed by atoms with Gasteiger partial charge in [-0.05, 0) is 18.9 Å². The molecule has 0 N–H and O–H groups in total. The van der Waals surface area contributed by atoms with Gasteiger partial charge in [0, 0.05) is 6.42 Å². The molecule has 5 nitrogen and oxygen atoms in total. The quantitative estimate of drug-likeness (QED) is 0.779. The number of imide groups is 1. The number of rotatable bonds is 5. The van der Waals surface area contributed by atoms with Crippen molar-refractivity contribution in [2.45, 2.75) is 32.7 Å². The number of Topliss-reactive ketones (excluding diaryl/α,β-unsaturated/α-hetero) is 1. The summed E-state index contributed by atoms with van der Waals surface area (Å²) in [4.78, 5) is 36.9. The molecular weight excluding hydrogens is 270 g/mol. The van der Waals surface area contributed by atoms with Gasteiger partial charge in [-0.15, -0.1) is 0 Å². The van der Waals surface area contributed by atoms with Crippen LogP contribution in [0, 0.1) is 5.92 Å². The van der Waals surface area contributed by atoms with Crippen LogP contribution in [0.4, 0.5) is 4.79 Å². The summed E-state index contributed by atoms with van der Waals surface area (Å²) in [6, 6.07) is 9.24. The SMILES string of the molecule is CCC(=O)[C@H](C)C(=O)N1C(=O)OC[C@H]1Cc1ccccc1. The molecule has 0 unspecified atom stereocenters. The molecule has 1 aliphatic heterocycles. The number of nitrogens with zero attached hydrogens (tertiary/aromatic N) is 1. The van der Waals surface area contributed by atoms with Crippen LogP contribution in [-0.4, -0.2) is 35.3 Å². The number of ketones is 1. The van der Waals surface area contributed by atoms with Crippen molar-refractivity contribution in [1.82, 2.24) is 4.90 Å². The molecule has 0 saturated carbocycles. The van der Waals surface area contributed by atoms with Crippen LogP contribution < -0.4 is 0 Å². The highest BCUT2D eigenvalue weighted by atomic mass is 16.6. The van der Waals surface area contributed by atoms with Gasteiger partial charge in [-0.3, -0.25) is 9.59 Å². The Labute approximate surface area is 123 Å². The number of hydrogen-bond donors (Lipinski definition) is 0. The van der Waals surface area contributed by atoms with E-state index in [1.54, 1.807) is 13.8 Å². The Kier molecular flexibility index (Phi) is 4.73. The number of ether oxygens (including phenoxy) is 1. The third-order valence-corrected chi connectivity index (χ3v) is 3.71. The maximum Gasteiger partial charge on any atom is 0.417 e. The molecule has 0 bridgehead atoms. The van der Waals surface area contributed by atoms with Gasteiger partial charge in [0.05, 0.1) is 12.0 Å². The highest BCUT2D eigenvalue weighted by Gasteiger charge is 2.40. The van der Waals surface area contributed by atoms with E-state index in [0.29, 0.717) is 6.42 Å². The van der Waals surface area contributed by atoms with Crippen LogP contribution in [0.3, 0.4) is 0 Å². The van der Waals surface area contributed by atoms with Crippen molar-refractivity contribution in [3.8, 4) is 0 Å². The van der Waals surface area contributed by atoms with Crippen LogP contribution in [0.1, 0.15) is 25.8 Å². The van der Waals surface area contributed by atoms with E-state index in [1.165, 1.54) is 0 Å². The molecule has 0 aromatic heterocycles. The Morgan fingerprint density at radius 3 is 2.62 bits per heavy atom. The molecular formula is C16H19NO4. The molecule has 1 fully saturated rings. The molecule has 2 amide bonds. The maximum absolute atomic E-state index is 12.4. The van der Waals surface area contributed by atoms with Gasteiger partial charge in [0.15, 0.2) is 0 Å². The minimum atomic E-state index is -0.807. The predicted molar refractivity (Wildman–Crippen MR) is 76.6 cm³/mol. The number of cyclic esters (lactones) is 1. The Morgan fingerprint density at radius 1 is 1.33 bits per heavy atom. The van der Waals surface area contributed by atoms with Crippen molar-refractivity contribution in [3.63, 3.8) is 0 Å². The molecule has 1 aliphatic rings. The van der Waals surface area contributed by atoms with E-state index in [2.05, 4.69) is 0 Å². The van der Waals surface area contributed by atoms with Gasteiger partial charge in [0.2, 0.25) is 5.91 Å². The Morgan fingerprint density at radius 2 is 2.00 bits per heavy atom. The number of carbonyl (C=O) groups excluding carboxylic acids is 3. The van der Waals surface area contributed by atoms with Crippen LogP contribution in [0.25, 0.3) is 0 Å². The fourth-order valence-corrected chi connectivity index (χ4v) is 2.42. The third-order valence-electron chi connectivity index (χ3n) is 3.71. The van der Waals surface area contributed by atoms with Crippen molar-refractivity contribution in [3.05, 3.63) is 35.9 Å². The molecule has 112 valence electrons. The van der Waals surface area contributed by atoms with E-state index in [-0.39, 0.29) is 24.9 Å². The van der Waals surface area contributed by atoms with Gasteiger partial charge >= 0.3 is 6.09 Å². The zero-order valence-electron chi connectivity index (χ0n) is 12.2. The Hall–Kier alpha value is -2.17. The second kappa shape index (κ2) is 6.52. The largest absolute Gasteiger partial charge is 0.447 e. The lowest BCUT2D eigenvalue weighted by Crippen LogP contribution is -2.44. The summed E-state index contributed by atoms with van der Waals surface area (Å²) < 4.78 is 4.99. The fourth-order valence-electron chi connectivity index (χ4n) is 2.42. The minimum absolute atomic E-state index is 0.168. The lowest BCUT2D eigenvalue weighted by atomic mass is 10.0. The standard InChI is InChI=1S/C16H19NO4/c1-3-14(18)11(2)15(19)17-13(10-21-16(17)20)9-12-7-5-4-6-8-12/h4-8,11,13H,3,9-10H2,1-2H3/t11-,13+/m0/s1. The first-order valence-corrected chi connectivity index (χ1v) is 7.11. The molecule has 2 atom stereocenters. The van der Waals surface area contributed by atoms with Crippen LogP contribution in [0.15, 0.2) is 30.3 Å². The van der Waals surface area contributed by atoms with Crippen LogP contribution in [0.2, 0.25) is 0 Å². The van der Waals surface area contributed by atoms with Crippen molar-refractivity contribution < 1.29 is 19.1 Å². The van der Waals surface area contributed by atoms with Crippen LogP contribution in [0.5, 0.6) is 0 Å². The van der Waals surface area contributed by atoms with Crippen molar-refractivity contribution in [1.29, 1.82) is 0 Å². The van der Waals surface area contributed by atoms with Gasteiger partial charge in [-0.1, -0.05) is 37.3 Å². The molecule has 1 saturated heterocycles. The molecule has 0 spiro atoms. The molecule has 5 heteroatoms. The topological polar surface area (TPSA) is 63.7 Å². The summed E-state index contributed by atoms with van der Waals surface area (Å²) >= 11 is 0. The van der Waals surface area contributed by atoms with E-state index in [4.69, 9.17) is 4.74 Å². The zero-order valence-corrected chi connectivity index (χ0v) is 12.2. The maximum atomic E-state index is 12.4. The molecule has 0 radical (unpaired) electrons. The van der Waals surface area contributed by atoms with Crippen LogP contribution in [-0.2, 0) is 20.7 Å². The Bertz CT molecular complexity index is 540. The van der Waals surface area contributed by atoms with E-state index < -0.39 is 17.9 Å². The van der Waals surface area contributed by atoms with E-state index in [9.17, 15) is 14.4 Å². The minimum Gasteiger partial charge on any atom is -0.447 e. The lowest BCUT2D eigenvalue weighted by molar-refractivity contribution is -0.138. The number of hydrogen-bond acceptors (Lipinski definition) is 4. The molecule has 2 rings (SSSR count). The summed E-state index contributed by atoms with van der Waals surface area (Å²) in [6.45, 7) is 3.42. The number of amides is 2. The third kappa shape index (κ3) is 3.29. The van der Waals surface area contributed by atoms with Crippen molar-refractivity contribution in [2.24, 2.45) is 5.92 Å². The summed E-state index contributed by atoms with van der Waals surface area (Å²) in [5.41, 5.74) is 1.02. The fraction of sp³-hybridized carbons (Fsp3) is 0.438. The molecule has 21 heavy (non-hydrogen) atoms. The average molecular weight is 289 g/mol. The lowest BCUT2D eigenvalue weighted by Gasteiger charge is -2.22. The highest BCUT2D eigenvalue weighted by molar-refractivity contribution is 6.06. The first-order chi connectivity index (χ1) is 10.0. The summed E-state index contributed by atoms with van der Waals surface area (Å²) in [6.07, 6.45) is 0.154. The predicted octanol–water partition coefficient (Wildman–Crippen LogP) is 2.19. The summed E-state index contributed by atoms with van der Waals surface area (Å²) in [5.74, 6) is -1.44. The van der Waals surface area contributed by atoms with E-state index >= 15 is 0 Å². The summed E-state index contributed by atoms with van der Waals surface area (Å²) in [5, 5.41) is 0. The first-order valence-electron chi connectivity index (χ1n) is 7.11.